The third-order valence-electron chi connectivity index (χ3n) is 12.4. The minimum Gasteiger partial charge on any atom is -0.310 e. The largest absolute Gasteiger partial charge is 0.310 e. The Labute approximate surface area is 332 Å². The molecule has 2 aliphatic rings. The van der Waals surface area contributed by atoms with E-state index in [0.29, 0.717) is 0 Å². The zero-order valence-corrected chi connectivity index (χ0v) is 31.2. The summed E-state index contributed by atoms with van der Waals surface area (Å²) in [6.07, 6.45) is 0. The molecular weight excluding hydrogens is 689 g/mol. The standard InChI is InChI=1S/C55H36N2/c1-3-18-37(19-4-1)38-20-17-21-39(34-38)42-24-9-14-31-51(42)56(40-22-5-2-6-23-40)41-35-46-45-27-10-15-32-52(45)57-53-33-16-13-30-49(53)55(50(36-41)54(46)57)47-28-11-7-25-43(47)44-26-8-12-29-48(44)55/h1-36H. The van der Waals surface area contributed by atoms with E-state index < -0.39 is 5.41 Å². The number of fused-ring (bicyclic) bond motifs is 12. The van der Waals surface area contributed by atoms with Crippen molar-refractivity contribution in [3.8, 4) is 39.1 Å². The van der Waals surface area contributed by atoms with Gasteiger partial charge >= 0.3 is 0 Å². The molecule has 12 rings (SSSR count). The maximum atomic E-state index is 2.53. The number of nitrogens with zero attached hydrogens (tertiary/aromatic N) is 2. The van der Waals surface area contributed by atoms with Crippen molar-refractivity contribution in [2.75, 3.05) is 4.90 Å². The van der Waals surface area contributed by atoms with Gasteiger partial charge < -0.3 is 9.47 Å². The van der Waals surface area contributed by atoms with E-state index in [-0.39, 0.29) is 0 Å². The second-order valence-corrected chi connectivity index (χ2v) is 15.2. The van der Waals surface area contributed by atoms with Crippen molar-refractivity contribution < 1.29 is 0 Å². The molecule has 0 fully saturated rings. The molecule has 0 N–H and O–H groups in total. The van der Waals surface area contributed by atoms with Crippen molar-refractivity contribution in [3.63, 3.8) is 0 Å². The van der Waals surface area contributed by atoms with Gasteiger partial charge in [-0.2, -0.15) is 0 Å². The molecule has 1 aromatic heterocycles. The number of hydrogen-bond acceptors (Lipinski definition) is 1. The predicted molar refractivity (Wildman–Crippen MR) is 237 cm³/mol. The van der Waals surface area contributed by atoms with Crippen molar-refractivity contribution in [1.29, 1.82) is 0 Å². The Kier molecular flexibility index (Phi) is 6.88. The van der Waals surface area contributed by atoms with E-state index in [2.05, 4.69) is 228 Å². The van der Waals surface area contributed by atoms with E-state index in [1.807, 2.05) is 0 Å². The van der Waals surface area contributed by atoms with Gasteiger partial charge in [-0.3, -0.25) is 0 Å². The van der Waals surface area contributed by atoms with Gasteiger partial charge in [0.05, 0.1) is 27.8 Å². The first-order chi connectivity index (χ1) is 28.3. The lowest BCUT2D eigenvalue weighted by Gasteiger charge is -2.40. The zero-order chi connectivity index (χ0) is 37.5. The van der Waals surface area contributed by atoms with Crippen LogP contribution in [0.1, 0.15) is 22.3 Å². The Bertz CT molecular complexity index is 3150. The average molecular weight is 725 g/mol. The van der Waals surface area contributed by atoms with Crippen LogP contribution in [0, 0.1) is 0 Å². The maximum Gasteiger partial charge on any atom is 0.0755 e. The minimum atomic E-state index is -0.533. The van der Waals surface area contributed by atoms with Crippen LogP contribution in [-0.4, -0.2) is 4.57 Å². The van der Waals surface area contributed by atoms with Gasteiger partial charge in [0.25, 0.3) is 0 Å². The Hall–Kier alpha value is -7.42. The van der Waals surface area contributed by atoms with Crippen LogP contribution < -0.4 is 4.90 Å². The van der Waals surface area contributed by atoms with Gasteiger partial charge in [0.15, 0.2) is 0 Å². The van der Waals surface area contributed by atoms with Crippen LogP contribution in [0.3, 0.4) is 0 Å². The van der Waals surface area contributed by atoms with E-state index in [9.17, 15) is 0 Å². The fourth-order valence-corrected chi connectivity index (χ4v) is 10.1. The molecule has 9 aromatic carbocycles. The van der Waals surface area contributed by atoms with Crippen molar-refractivity contribution in [3.05, 3.63) is 241 Å². The van der Waals surface area contributed by atoms with Gasteiger partial charge in [0.1, 0.15) is 0 Å². The van der Waals surface area contributed by atoms with Crippen LogP contribution in [-0.2, 0) is 5.41 Å². The third-order valence-corrected chi connectivity index (χ3v) is 12.4. The molecule has 0 unspecified atom stereocenters. The summed E-state index contributed by atoms with van der Waals surface area (Å²) in [5, 5.41) is 2.50. The molecule has 0 amide bonds. The fourth-order valence-electron chi connectivity index (χ4n) is 10.1. The molecule has 0 bridgehead atoms. The van der Waals surface area contributed by atoms with Gasteiger partial charge in [-0.05, 0) is 98.6 Å². The van der Waals surface area contributed by atoms with Crippen LogP contribution in [0.25, 0.3) is 60.9 Å². The summed E-state index contributed by atoms with van der Waals surface area (Å²) in [7, 11) is 0. The summed E-state index contributed by atoms with van der Waals surface area (Å²) in [5.41, 5.74) is 19.2. The summed E-state index contributed by atoms with van der Waals surface area (Å²) in [6.45, 7) is 0. The first-order valence-electron chi connectivity index (χ1n) is 19.8. The van der Waals surface area contributed by atoms with Gasteiger partial charge in [0.2, 0.25) is 0 Å². The van der Waals surface area contributed by atoms with Crippen molar-refractivity contribution >= 4 is 38.9 Å². The van der Waals surface area contributed by atoms with Crippen molar-refractivity contribution in [1.82, 2.24) is 4.57 Å². The molecule has 0 saturated heterocycles. The molecule has 2 heterocycles. The van der Waals surface area contributed by atoms with Crippen LogP contribution in [0.15, 0.2) is 218 Å². The number of hydrogen-bond donors (Lipinski definition) is 0. The van der Waals surface area contributed by atoms with Crippen LogP contribution in [0.4, 0.5) is 17.1 Å². The molecule has 57 heavy (non-hydrogen) atoms. The van der Waals surface area contributed by atoms with E-state index in [0.717, 1.165) is 17.1 Å². The van der Waals surface area contributed by atoms with E-state index in [4.69, 9.17) is 0 Å². The second kappa shape index (κ2) is 12.3. The lowest BCUT2D eigenvalue weighted by molar-refractivity contribution is 0.748. The van der Waals surface area contributed by atoms with Crippen LogP contribution >= 0.6 is 0 Å². The van der Waals surface area contributed by atoms with Gasteiger partial charge in [-0.25, -0.2) is 0 Å². The van der Waals surface area contributed by atoms with E-state index in [1.165, 1.54) is 83.1 Å². The van der Waals surface area contributed by atoms with Crippen molar-refractivity contribution in [2.24, 2.45) is 0 Å². The summed E-state index contributed by atoms with van der Waals surface area (Å²) in [6, 6.07) is 80.6. The van der Waals surface area contributed by atoms with E-state index >= 15 is 0 Å². The lowest BCUT2D eigenvalue weighted by atomic mass is 9.65. The lowest BCUT2D eigenvalue weighted by Crippen LogP contribution is -2.33. The molecular formula is C55H36N2. The zero-order valence-electron chi connectivity index (χ0n) is 31.2. The monoisotopic (exact) mass is 724 g/mol. The van der Waals surface area contributed by atoms with Gasteiger partial charge in [-0.15, -0.1) is 0 Å². The highest BCUT2D eigenvalue weighted by atomic mass is 15.1. The predicted octanol–water partition coefficient (Wildman–Crippen LogP) is 14.3. The summed E-state index contributed by atoms with van der Waals surface area (Å²) >= 11 is 0. The molecule has 1 spiro atoms. The smallest absolute Gasteiger partial charge is 0.0755 e. The molecule has 10 aromatic rings. The number of anilines is 3. The molecule has 266 valence electrons. The van der Waals surface area contributed by atoms with Crippen LogP contribution in [0.5, 0.6) is 0 Å². The highest BCUT2D eigenvalue weighted by Gasteiger charge is 2.51. The van der Waals surface area contributed by atoms with E-state index in [1.54, 1.807) is 0 Å². The minimum absolute atomic E-state index is 0.533. The molecule has 2 nitrogen and oxygen atoms in total. The Morgan fingerprint density at radius 2 is 0.930 bits per heavy atom. The number of rotatable bonds is 5. The molecule has 1 aliphatic carbocycles. The summed E-state index contributed by atoms with van der Waals surface area (Å²) in [4.78, 5) is 2.48. The third kappa shape index (κ3) is 4.47. The molecule has 0 saturated carbocycles. The Morgan fingerprint density at radius 3 is 1.70 bits per heavy atom. The normalized spacial score (nSPS) is 13.1. The van der Waals surface area contributed by atoms with Crippen molar-refractivity contribution in [2.45, 2.75) is 5.41 Å². The highest BCUT2D eigenvalue weighted by Crippen LogP contribution is 2.62. The number of benzene rings is 9. The molecule has 0 atom stereocenters. The first-order valence-corrected chi connectivity index (χ1v) is 19.8. The Balaban J connectivity index is 1.20. The molecule has 0 radical (unpaired) electrons. The first kappa shape index (κ1) is 31.9. The van der Waals surface area contributed by atoms with Gasteiger partial charge in [-0.1, -0.05) is 170 Å². The summed E-state index contributed by atoms with van der Waals surface area (Å²) in [5.74, 6) is 0. The topological polar surface area (TPSA) is 8.17 Å². The SMILES string of the molecule is c1ccc(-c2cccc(-c3ccccc3N(c3ccccc3)c3cc4c5c(c3)c3ccccc3n5-c3ccccc3C43c4ccccc4-c4ccccc43)c2)cc1. The Morgan fingerprint density at radius 1 is 0.351 bits per heavy atom. The number of aromatic nitrogens is 1. The average Bonchev–Trinajstić information content (AvgIpc) is 3.78. The van der Waals surface area contributed by atoms with Gasteiger partial charge in [0, 0.05) is 27.7 Å². The maximum absolute atomic E-state index is 2.53. The fraction of sp³-hybridized carbons (Fsp3) is 0.0182. The number of para-hydroxylation sites is 4. The summed E-state index contributed by atoms with van der Waals surface area (Å²) < 4.78 is 2.53. The van der Waals surface area contributed by atoms with Crippen LogP contribution in [0.2, 0.25) is 0 Å². The molecule has 2 heteroatoms. The quantitative estimate of drug-likeness (QED) is 0.172. The molecule has 1 aliphatic heterocycles. The highest BCUT2D eigenvalue weighted by molar-refractivity contribution is 6.14. The second-order valence-electron chi connectivity index (χ2n) is 15.2.